The Morgan fingerprint density at radius 3 is 2.59 bits per heavy atom. The van der Waals surface area contributed by atoms with Gasteiger partial charge in [0, 0.05) is 11.4 Å². The first-order valence-corrected chi connectivity index (χ1v) is 5.34. The average Bonchev–Trinajstić information content (AvgIpc) is 2.35. The maximum atomic E-state index is 11.6. The van der Waals surface area contributed by atoms with E-state index in [-0.39, 0.29) is 6.03 Å². The molecule has 3 nitrogen and oxygen atoms in total. The summed E-state index contributed by atoms with van der Waals surface area (Å²) < 4.78 is 0. The van der Waals surface area contributed by atoms with Crippen molar-refractivity contribution in [2.75, 3.05) is 5.32 Å². The van der Waals surface area contributed by atoms with Gasteiger partial charge in [-0.3, -0.25) is 0 Å². The van der Waals surface area contributed by atoms with Gasteiger partial charge in [0.15, 0.2) is 0 Å². The van der Waals surface area contributed by atoms with E-state index < -0.39 is 0 Å². The van der Waals surface area contributed by atoms with Crippen molar-refractivity contribution < 1.29 is 4.79 Å². The number of benzene rings is 1. The summed E-state index contributed by atoms with van der Waals surface area (Å²) in [5, 5.41) is 5.46. The summed E-state index contributed by atoms with van der Waals surface area (Å²) in [5.74, 6) is 0. The molecule has 0 bridgehead atoms. The van der Waals surface area contributed by atoms with Crippen LogP contribution >= 0.6 is 0 Å². The van der Waals surface area contributed by atoms with Crippen LogP contribution in [0.25, 0.3) is 0 Å². The second kappa shape index (κ2) is 7.06. The molecule has 0 fully saturated rings. The minimum Gasteiger partial charge on any atom is -0.308 e. The van der Waals surface area contributed by atoms with Gasteiger partial charge in [-0.25, -0.2) is 4.79 Å². The van der Waals surface area contributed by atoms with Crippen LogP contribution in [0.15, 0.2) is 66.9 Å². The van der Waals surface area contributed by atoms with E-state index in [2.05, 4.69) is 17.2 Å². The maximum Gasteiger partial charge on any atom is 0.323 e. The van der Waals surface area contributed by atoms with Gasteiger partial charge >= 0.3 is 6.03 Å². The Labute approximate surface area is 102 Å². The van der Waals surface area contributed by atoms with Crippen LogP contribution in [0.3, 0.4) is 0 Å². The smallest absolute Gasteiger partial charge is 0.308 e. The third kappa shape index (κ3) is 4.84. The Bertz CT molecular complexity index is 433. The molecule has 2 N–H and O–H groups in total. The number of para-hydroxylation sites is 1. The van der Waals surface area contributed by atoms with Crippen LogP contribution in [-0.4, -0.2) is 6.03 Å². The lowest BCUT2D eigenvalue weighted by Gasteiger charge is -2.07. The molecule has 0 unspecified atom stereocenters. The van der Waals surface area contributed by atoms with Crippen LogP contribution in [0.4, 0.5) is 10.5 Å². The largest absolute Gasteiger partial charge is 0.323 e. The normalized spacial score (nSPS) is 11.2. The molecule has 1 aromatic carbocycles. The average molecular weight is 228 g/mol. The number of hydrogen-bond donors (Lipinski definition) is 2. The number of carbonyl (C=O) groups is 1. The highest BCUT2D eigenvalue weighted by molar-refractivity contribution is 5.90. The van der Waals surface area contributed by atoms with Crippen molar-refractivity contribution in [2.24, 2.45) is 0 Å². The van der Waals surface area contributed by atoms with Gasteiger partial charge in [0.2, 0.25) is 0 Å². The molecule has 0 heterocycles. The molecule has 3 heteroatoms. The van der Waals surface area contributed by atoms with Crippen molar-refractivity contribution in [3.63, 3.8) is 0 Å². The van der Waals surface area contributed by atoms with Gasteiger partial charge in [-0.2, -0.15) is 0 Å². The van der Waals surface area contributed by atoms with Crippen LogP contribution < -0.4 is 10.6 Å². The summed E-state index contributed by atoms with van der Waals surface area (Å²) in [5.41, 5.74) is 1.48. The van der Waals surface area contributed by atoms with Gasteiger partial charge in [-0.15, -0.1) is 0 Å². The zero-order valence-electron chi connectivity index (χ0n) is 9.81. The molecule has 0 aliphatic carbocycles. The molecule has 0 saturated heterocycles. The SMILES string of the molecule is C=C/C=C\C(=C/C)NC(=O)Nc1ccccc1. The van der Waals surface area contributed by atoms with Crippen LogP contribution in [0.1, 0.15) is 6.92 Å². The summed E-state index contributed by atoms with van der Waals surface area (Å²) in [4.78, 5) is 11.6. The zero-order valence-corrected chi connectivity index (χ0v) is 9.81. The third-order valence-corrected chi connectivity index (χ3v) is 2.01. The Hall–Kier alpha value is -2.29. The van der Waals surface area contributed by atoms with Gasteiger partial charge in [0.05, 0.1) is 0 Å². The zero-order chi connectivity index (χ0) is 12.5. The van der Waals surface area contributed by atoms with Crippen LogP contribution in [-0.2, 0) is 0 Å². The molecule has 0 spiro atoms. The number of amides is 2. The number of nitrogens with one attached hydrogen (secondary N) is 2. The van der Waals surface area contributed by atoms with E-state index in [1.165, 1.54) is 0 Å². The van der Waals surface area contributed by atoms with Crippen molar-refractivity contribution in [1.29, 1.82) is 0 Å². The molecule has 17 heavy (non-hydrogen) atoms. The summed E-state index contributed by atoms with van der Waals surface area (Å²) in [6.07, 6.45) is 7.00. The lowest BCUT2D eigenvalue weighted by Crippen LogP contribution is -2.27. The Morgan fingerprint density at radius 1 is 1.29 bits per heavy atom. The van der Waals surface area contributed by atoms with Crippen molar-refractivity contribution in [3.8, 4) is 0 Å². The summed E-state index contributed by atoms with van der Waals surface area (Å²) in [7, 11) is 0. The van der Waals surface area contributed by atoms with Gasteiger partial charge < -0.3 is 10.6 Å². The molecule has 2 amide bonds. The summed E-state index contributed by atoms with van der Waals surface area (Å²) in [6.45, 7) is 5.42. The van der Waals surface area contributed by atoms with Crippen molar-refractivity contribution >= 4 is 11.7 Å². The van der Waals surface area contributed by atoms with Crippen molar-refractivity contribution in [3.05, 3.63) is 66.9 Å². The molecule has 0 atom stereocenters. The fraction of sp³-hybridized carbons (Fsp3) is 0.0714. The highest BCUT2D eigenvalue weighted by Gasteiger charge is 2.01. The maximum absolute atomic E-state index is 11.6. The Balaban J connectivity index is 2.55. The topological polar surface area (TPSA) is 41.1 Å². The van der Waals surface area contributed by atoms with E-state index in [0.717, 1.165) is 11.4 Å². The highest BCUT2D eigenvalue weighted by atomic mass is 16.2. The lowest BCUT2D eigenvalue weighted by atomic mass is 10.3. The van der Waals surface area contributed by atoms with Crippen molar-refractivity contribution in [1.82, 2.24) is 5.32 Å². The van der Waals surface area contributed by atoms with Crippen LogP contribution in [0.2, 0.25) is 0 Å². The molecule has 0 aliphatic rings. The van der Waals surface area contributed by atoms with E-state index in [1.54, 1.807) is 18.2 Å². The second-order valence-corrected chi connectivity index (χ2v) is 3.28. The number of carbonyl (C=O) groups excluding carboxylic acids is 1. The summed E-state index contributed by atoms with van der Waals surface area (Å²) >= 11 is 0. The van der Waals surface area contributed by atoms with E-state index in [1.807, 2.05) is 43.3 Å². The predicted octanol–water partition coefficient (Wildman–Crippen LogP) is 3.45. The number of rotatable bonds is 4. The molecule has 0 aliphatic heterocycles. The molecular formula is C14H16N2O. The van der Waals surface area contributed by atoms with Crippen molar-refractivity contribution in [2.45, 2.75) is 6.92 Å². The lowest BCUT2D eigenvalue weighted by molar-refractivity contribution is 0.254. The van der Waals surface area contributed by atoms with Crippen LogP contribution in [0, 0.1) is 0 Å². The molecule has 1 rings (SSSR count). The van der Waals surface area contributed by atoms with Crippen LogP contribution in [0.5, 0.6) is 0 Å². The number of urea groups is 1. The minimum atomic E-state index is -0.266. The first-order valence-electron chi connectivity index (χ1n) is 5.34. The highest BCUT2D eigenvalue weighted by Crippen LogP contribution is 2.04. The third-order valence-electron chi connectivity index (χ3n) is 2.01. The molecule has 88 valence electrons. The van der Waals surface area contributed by atoms with E-state index in [4.69, 9.17) is 0 Å². The molecule has 0 aromatic heterocycles. The molecule has 1 aromatic rings. The Morgan fingerprint density at radius 2 is 2.00 bits per heavy atom. The predicted molar refractivity (Wildman–Crippen MR) is 71.7 cm³/mol. The quantitative estimate of drug-likeness (QED) is 0.761. The first-order chi connectivity index (χ1) is 8.26. The fourth-order valence-corrected chi connectivity index (χ4v) is 1.20. The van der Waals surface area contributed by atoms with Gasteiger partial charge in [0.25, 0.3) is 0 Å². The Kier molecular flexibility index (Phi) is 5.31. The van der Waals surface area contributed by atoms with E-state index >= 15 is 0 Å². The van der Waals surface area contributed by atoms with Gasteiger partial charge in [0.1, 0.15) is 0 Å². The molecule has 0 saturated carbocycles. The summed E-state index contributed by atoms with van der Waals surface area (Å²) in [6, 6.07) is 9.02. The first kappa shape index (κ1) is 12.8. The standard InChI is InChI=1S/C14H16N2O/c1-3-5-9-12(4-2)15-14(17)16-13-10-7-6-8-11-13/h3-11H,1H2,2H3,(H2,15,16,17)/b9-5-,12-4+. The number of allylic oxidation sites excluding steroid dienone is 4. The van der Waals surface area contributed by atoms with E-state index in [0.29, 0.717) is 0 Å². The minimum absolute atomic E-state index is 0.266. The number of anilines is 1. The monoisotopic (exact) mass is 228 g/mol. The second-order valence-electron chi connectivity index (χ2n) is 3.28. The van der Waals surface area contributed by atoms with Gasteiger partial charge in [-0.05, 0) is 25.1 Å². The van der Waals surface area contributed by atoms with E-state index in [9.17, 15) is 4.79 Å². The molecular weight excluding hydrogens is 212 g/mol. The van der Waals surface area contributed by atoms with Gasteiger partial charge in [-0.1, -0.05) is 43.0 Å². The number of hydrogen-bond acceptors (Lipinski definition) is 1. The molecule has 0 radical (unpaired) electrons. The fourth-order valence-electron chi connectivity index (χ4n) is 1.20.